The lowest BCUT2D eigenvalue weighted by atomic mass is 9.81. The van der Waals surface area contributed by atoms with Gasteiger partial charge in [0.05, 0.1) is 5.60 Å². The van der Waals surface area contributed by atoms with E-state index in [4.69, 9.17) is 4.74 Å². The van der Waals surface area contributed by atoms with Gasteiger partial charge in [-0.15, -0.1) is 0 Å². The summed E-state index contributed by atoms with van der Waals surface area (Å²) in [6.07, 6.45) is 1.32. The van der Waals surface area contributed by atoms with Gasteiger partial charge in [0.15, 0.2) is 11.6 Å². The number of rotatable bonds is 4. The number of benzene rings is 3. The first-order valence-corrected chi connectivity index (χ1v) is 12.3. The Morgan fingerprint density at radius 3 is 2.06 bits per heavy atom. The van der Waals surface area contributed by atoms with E-state index < -0.39 is 29.1 Å². The highest BCUT2D eigenvalue weighted by atomic mass is 19.2. The second kappa shape index (κ2) is 8.66. The summed E-state index contributed by atoms with van der Waals surface area (Å²) < 4.78 is 47.1. The molecule has 4 nitrogen and oxygen atoms in total. The van der Waals surface area contributed by atoms with Crippen molar-refractivity contribution >= 4 is 6.09 Å². The predicted molar refractivity (Wildman–Crippen MR) is 128 cm³/mol. The summed E-state index contributed by atoms with van der Waals surface area (Å²) in [7, 11) is 0. The molecule has 2 unspecified atom stereocenters. The number of aliphatic hydroxyl groups is 1. The van der Waals surface area contributed by atoms with Gasteiger partial charge < -0.3 is 14.7 Å². The van der Waals surface area contributed by atoms with Gasteiger partial charge in [0.25, 0.3) is 0 Å². The van der Waals surface area contributed by atoms with Gasteiger partial charge in [0.2, 0.25) is 0 Å². The fraction of sp³-hybridized carbons (Fsp3) is 0.345. The third-order valence-electron chi connectivity index (χ3n) is 8.01. The zero-order chi connectivity index (χ0) is 25.0. The highest BCUT2D eigenvalue weighted by Gasteiger charge is 2.50. The van der Waals surface area contributed by atoms with E-state index in [1.165, 1.54) is 0 Å². The summed E-state index contributed by atoms with van der Waals surface area (Å²) in [5.74, 6) is -3.33. The van der Waals surface area contributed by atoms with Crippen LogP contribution in [0.25, 0.3) is 11.1 Å². The van der Waals surface area contributed by atoms with Crippen molar-refractivity contribution in [3.05, 3.63) is 94.8 Å². The molecule has 0 radical (unpaired) electrons. The van der Waals surface area contributed by atoms with Gasteiger partial charge in [-0.05, 0) is 59.6 Å². The third-order valence-corrected chi connectivity index (χ3v) is 8.01. The van der Waals surface area contributed by atoms with Crippen molar-refractivity contribution in [2.24, 2.45) is 0 Å². The van der Waals surface area contributed by atoms with Crippen molar-refractivity contribution in [1.29, 1.82) is 0 Å². The quantitative estimate of drug-likeness (QED) is 0.457. The maximum absolute atomic E-state index is 14.2. The van der Waals surface area contributed by atoms with E-state index in [2.05, 4.69) is 24.3 Å². The van der Waals surface area contributed by atoms with Crippen LogP contribution in [0.2, 0.25) is 0 Å². The summed E-state index contributed by atoms with van der Waals surface area (Å²) in [5, 5.41) is 11.2. The van der Waals surface area contributed by atoms with E-state index in [9.17, 15) is 23.1 Å². The molecular formula is C29H26F3NO3. The van der Waals surface area contributed by atoms with Gasteiger partial charge in [-0.25, -0.2) is 18.0 Å². The maximum Gasteiger partial charge on any atom is 0.410 e. The second-order valence-corrected chi connectivity index (χ2v) is 10.3. The van der Waals surface area contributed by atoms with Gasteiger partial charge in [-0.2, -0.15) is 0 Å². The van der Waals surface area contributed by atoms with Crippen molar-refractivity contribution in [2.45, 2.75) is 55.7 Å². The molecule has 2 aliphatic heterocycles. The van der Waals surface area contributed by atoms with E-state index in [0.29, 0.717) is 18.9 Å². The average molecular weight is 494 g/mol. The molecule has 1 aliphatic carbocycles. The molecule has 186 valence electrons. The monoisotopic (exact) mass is 493 g/mol. The summed E-state index contributed by atoms with van der Waals surface area (Å²) >= 11 is 0. The lowest BCUT2D eigenvalue weighted by Gasteiger charge is -2.43. The number of nitrogens with zero attached hydrogens (tertiary/aromatic N) is 1. The smallest absolute Gasteiger partial charge is 0.410 e. The lowest BCUT2D eigenvalue weighted by Crippen LogP contribution is -2.54. The molecule has 2 saturated heterocycles. The number of carbonyl (C=O) groups is 1. The molecule has 2 heterocycles. The lowest BCUT2D eigenvalue weighted by molar-refractivity contribution is -0.0484. The Balaban J connectivity index is 1.15. The van der Waals surface area contributed by atoms with Gasteiger partial charge in [0.1, 0.15) is 12.4 Å². The first-order chi connectivity index (χ1) is 17.3. The zero-order valence-corrected chi connectivity index (χ0v) is 19.6. The first kappa shape index (κ1) is 23.1. The van der Waals surface area contributed by atoms with Crippen molar-refractivity contribution in [2.75, 3.05) is 6.61 Å². The van der Waals surface area contributed by atoms with Crippen molar-refractivity contribution in [3.63, 3.8) is 0 Å². The normalized spacial score (nSPS) is 24.5. The number of ether oxygens (including phenoxy) is 1. The van der Waals surface area contributed by atoms with E-state index >= 15 is 0 Å². The minimum Gasteiger partial charge on any atom is -0.448 e. The highest BCUT2D eigenvalue weighted by molar-refractivity contribution is 5.79. The molecule has 0 aromatic heterocycles. The summed E-state index contributed by atoms with van der Waals surface area (Å²) in [6, 6.07) is 17.1. The molecule has 2 bridgehead atoms. The fourth-order valence-corrected chi connectivity index (χ4v) is 6.49. The van der Waals surface area contributed by atoms with E-state index in [1.54, 1.807) is 4.90 Å². The molecule has 6 rings (SSSR count). The predicted octanol–water partition coefficient (Wildman–Crippen LogP) is 5.95. The van der Waals surface area contributed by atoms with Crippen LogP contribution in [0.15, 0.2) is 60.7 Å². The number of halogens is 3. The van der Waals surface area contributed by atoms with E-state index in [-0.39, 0.29) is 49.4 Å². The molecule has 7 heteroatoms. The number of carbonyl (C=O) groups excluding carboxylic acids is 1. The molecule has 3 aliphatic rings. The third kappa shape index (κ3) is 3.86. The summed E-state index contributed by atoms with van der Waals surface area (Å²) in [4.78, 5) is 14.9. The molecule has 3 aromatic carbocycles. The first-order valence-electron chi connectivity index (χ1n) is 12.3. The molecule has 36 heavy (non-hydrogen) atoms. The zero-order valence-electron chi connectivity index (χ0n) is 19.6. The van der Waals surface area contributed by atoms with Crippen molar-refractivity contribution in [3.8, 4) is 11.1 Å². The largest absolute Gasteiger partial charge is 0.448 e. The second-order valence-electron chi connectivity index (χ2n) is 10.3. The number of amides is 1. The fourth-order valence-electron chi connectivity index (χ4n) is 6.49. The van der Waals surface area contributed by atoms with E-state index in [1.807, 2.05) is 24.3 Å². The molecule has 3 aromatic rings. The standard InChI is InChI=1S/C29H26F3NO3/c30-25-12-27(32)26(31)11-17(25)13-29(35)14-18-9-10-19(15-29)33(18)28(34)36-16-24-22-7-3-1-5-20(22)21-6-2-4-8-23(21)24/h1-8,11-12,18-19,24,35H,9-10,13-16H2. The van der Waals surface area contributed by atoms with Gasteiger partial charge in [-0.3, -0.25) is 0 Å². The maximum atomic E-state index is 14.2. The molecule has 1 amide bonds. The van der Waals surface area contributed by atoms with Crippen LogP contribution in [0.1, 0.15) is 48.3 Å². The van der Waals surface area contributed by atoms with Crippen LogP contribution in [0.3, 0.4) is 0 Å². The van der Waals surface area contributed by atoms with Crippen LogP contribution in [-0.4, -0.2) is 40.4 Å². The summed E-state index contributed by atoms with van der Waals surface area (Å²) in [5.41, 5.74) is 3.21. The minimum atomic E-state index is -1.31. The number of hydrogen-bond acceptors (Lipinski definition) is 3. The molecule has 0 saturated carbocycles. The number of fused-ring (bicyclic) bond motifs is 5. The van der Waals surface area contributed by atoms with Gasteiger partial charge >= 0.3 is 6.09 Å². The number of hydrogen-bond donors (Lipinski definition) is 1. The Hall–Kier alpha value is -3.32. The molecule has 0 spiro atoms. The van der Waals surface area contributed by atoms with Crippen molar-refractivity contribution in [1.82, 2.24) is 4.90 Å². The molecule has 1 N–H and O–H groups in total. The van der Waals surface area contributed by atoms with Crippen LogP contribution in [0.5, 0.6) is 0 Å². The number of piperidine rings is 1. The summed E-state index contributed by atoms with van der Waals surface area (Å²) in [6.45, 7) is 0.215. The minimum absolute atomic E-state index is 0.0444. The molecule has 2 fully saturated rings. The average Bonchev–Trinajstić information content (AvgIpc) is 3.33. The van der Waals surface area contributed by atoms with Crippen LogP contribution in [0, 0.1) is 17.5 Å². The Labute approximate surface area is 207 Å². The Morgan fingerprint density at radius 2 is 1.44 bits per heavy atom. The van der Waals surface area contributed by atoms with Crippen LogP contribution in [0.4, 0.5) is 18.0 Å². The van der Waals surface area contributed by atoms with Crippen LogP contribution >= 0.6 is 0 Å². The Kier molecular flexibility index (Phi) is 5.56. The van der Waals surface area contributed by atoms with Crippen LogP contribution < -0.4 is 0 Å². The van der Waals surface area contributed by atoms with Crippen molar-refractivity contribution < 1.29 is 27.8 Å². The highest BCUT2D eigenvalue weighted by Crippen LogP contribution is 2.46. The molecule has 2 atom stereocenters. The van der Waals surface area contributed by atoms with Gasteiger partial charge in [-0.1, -0.05) is 48.5 Å². The van der Waals surface area contributed by atoms with Gasteiger partial charge in [0, 0.05) is 30.5 Å². The van der Waals surface area contributed by atoms with Crippen LogP contribution in [-0.2, 0) is 11.2 Å². The Bertz CT molecular complexity index is 1280. The Morgan fingerprint density at radius 1 is 0.889 bits per heavy atom. The SMILES string of the molecule is O=C(OCC1c2ccccc2-c2ccccc21)N1C2CCC1CC(O)(Cc1cc(F)c(F)cc1F)C2. The topological polar surface area (TPSA) is 49.8 Å². The van der Waals surface area contributed by atoms with E-state index in [0.717, 1.165) is 28.3 Å². The molecular weight excluding hydrogens is 467 g/mol.